The molecule has 0 N–H and O–H groups in total. The highest BCUT2D eigenvalue weighted by atomic mass is 16.5. The molecule has 4 rings (SSSR count). The number of aromatic nitrogens is 1. The van der Waals surface area contributed by atoms with E-state index in [9.17, 15) is 9.59 Å². The molecule has 6 heteroatoms. The second-order valence-corrected chi connectivity index (χ2v) is 6.38. The lowest BCUT2D eigenvalue weighted by molar-refractivity contribution is -0.120. The Bertz CT molecular complexity index is 771. The van der Waals surface area contributed by atoms with Crippen LogP contribution in [0.15, 0.2) is 40.9 Å². The highest BCUT2D eigenvalue weighted by molar-refractivity contribution is 5.97. The molecule has 2 saturated heterocycles. The van der Waals surface area contributed by atoms with Crippen molar-refractivity contribution in [2.45, 2.75) is 38.3 Å². The van der Waals surface area contributed by atoms with Crippen molar-refractivity contribution in [2.24, 2.45) is 0 Å². The van der Waals surface area contributed by atoms with Gasteiger partial charge < -0.3 is 14.3 Å². The minimum Gasteiger partial charge on any atom is -0.361 e. The minimum absolute atomic E-state index is 0.0330. The fourth-order valence-corrected chi connectivity index (χ4v) is 3.85. The van der Waals surface area contributed by atoms with Gasteiger partial charge in [-0.15, -0.1) is 0 Å². The number of nitrogens with zero attached hydrogens (tertiary/aromatic N) is 3. The van der Waals surface area contributed by atoms with Gasteiger partial charge in [-0.25, -0.2) is 0 Å². The summed E-state index contributed by atoms with van der Waals surface area (Å²) in [7, 11) is 0. The molecule has 0 unspecified atom stereocenters. The molecule has 6 nitrogen and oxygen atoms in total. The quantitative estimate of drug-likeness (QED) is 0.850. The van der Waals surface area contributed by atoms with Crippen LogP contribution in [0, 0.1) is 6.92 Å². The summed E-state index contributed by atoms with van der Waals surface area (Å²) in [6, 6.07) is 11.4. The number of para-hydroxylation sites is 1. The third-order valence-electron chi connectivity index (χ3n) is 4.91. The van der Waals surface area contributed by atoms with Crippen molar-refractivity contribution in [3.05, 3.63) is 47.9 Å². The Morgan fingerprint density at radius 1 is 1.21 bits per heavy atom. The molecule has 1 aromatic carbocycles. The average Bonchev–Trinajstić information content (AvgIpc) is 3.21. The van der Waals surface area contributed by atoms with Crippen molar-refractivity contribution >= 4 is 17.5 Å². The Kier molecular flexibility index (Phi) is 3.59. The molecule has 1 aromatic heterocycles. The van der Waals surface area contributed by atoms with Crippen molar-refractivity contribution in [3.8, 4) is 0 Å². The van der Waals surface area contributed by atoms with Gasteiger partial charge in [-0.2, -0.15) is 0 Å². The van der Waals surface area contributed by atoms with Gasteiger partial charge in [0, 0.05) is 24.7 Å². The minimum atomic E-state index is -0.110. The maximum absolute atomic E-state index is 12.7. The monoisotopic (exact) mass is 325 g/mol. The summed E-state index contributed by atoms with van der Waals surface area (Å²) in [5.41, 5.74) is 1.25. The van der Waals surface area contributed by atoms with Crippen LogP contribution in [0.5, 0.6) is 0 Å². The molecule has 0 saturated carbocycles. The predicted octanol–water partition coefficient (Wildman–Crippen LogP) is 2.39. The number of carbonyl (C=O) groups excluding carboxylic acids is 2. The number of hydrogen-bond donors (Lipinski definition) is 0. The summed E-state index contributed by atoms with van der Waals surface area (Å²) in [6.45, 7) is 2.41. The number of hydrogen-bond acceptors (Lipinski definition) is 4. The van der Waals surface area contributed by atoms with E-state index < -0.39 is 0 Å². The van der Waals surface area contributed by atoms with E-state index in [-0.39, 0.29) is 23.9 Å². The first kappa shape index (κ1) is 14.9. The number of rotatable bonds is 2. The van der Waals surface area contributed by atoms with Crippen molar-refractivity contribution in [3.63, 3.8) is 0 Å². The Hall–Kier alpha value is -2.63. The van der Waals surface area contributed by atoms with Crippen molar-refractivity contribution in [2.75, 3.05) is 11.4 Å². The molecule has 2 aromatic rings. The first-order chi connectivity index (χ1) is 11.6. The van der Waals surface area contributed by atoms with E-state index in [4.69, 9.17) is 4.52 Å². The largest absolute Gasteiger partial charge is 0.361 e. The fraction of sp³-hybridized carbons (Fsp3) is 0.389. The van der Waals surface area contributed by atoms with Gasteiger partial charge >= 0.3 is 0 Å². The number of anilines is 1. The van der Waals surface area contributed by atoms with Crippen molar-refractivity contribution < 1.29 is 14.1 Å². The smallest absolute Gasteiger partial charge is 0.276 e. The van der Waals surface area contributed by atoms with Gasteiger partial charge in [0.1, 0.15) is 5.76 Å². The van der Waals surface area contributed by atoms with Crippen LogP contribution >= 0.6 is 0 Å². The number of carbonyl (C=O) groups is 2. The number of piperidine rings is 1. The summed E-state index contributed by atoms with van der Waals surface area (Å²) >= 11 is 0. The van der Waals surface area contributed by atoms with Gasteiger partial charge in [-0.1, -0.05) is 23.4 Å². The number of fused-ring (bicyclic) bond motifs is 1. The summed E-state index contributed by atoms with van der Waals surface area (Å²) in [5.74, 6) is 0.648. The van der Waals surface area contributed by atoms with Gasteiger partial charge in [0.05, 0.1) is 12.1 Å². The molecule has 3 heterocycles. The zero-order valence-corrected chi connectivity index (χ0v) is 13.5. The third-order valence-corrected chi connectivity index (χ3v) is 4.91. The lowest BCUT2D eigenvalue weighted by atomic mass is 9.95. The van der Waals surface area contributed by atoms with Crippen LogP contribution in [0.1, 0.15) is 35.5 Å². The molecular weight excluding hydrogens is 306 g/mol. The van der Waals surface area contributed by atoms with Crippen LogP contribution in [0.3, 0.4) is 0 Å². The molecule has 0 bridgehead atoms. The molecule has 2 aliphatic heterocycles. The number of aryl methyl sites for hydroxylation is 1. The standard InChI is InChI=1S/C18H19N3O3/c1-12-11-14(19-24-12)18(23)20-10-9-16-15(20)7-8-17(22)21(16)13-5-3-2-4-6-13/h2-6,11,15-16H,7-10H2,1H3/t15-,16-/m0/s1. The van der Waals surface area contributed by atoms with Gasteiger partial charge in [0.2, 0.25) is 5.91 Å². The molecular formula is C18H19N3O3. The summed E-state index contributed by atoms with van der Waals surface area (Å²) in [4.78, 5) is 28.9. The highest BCUT2D eigenvalue weighted by Gasteiger charge is 2.45. The first-order valence-electron chi connectivity index (χ1n) is 8.26. The van der Waals surface area contributed by atoms with E-state index in [0.29, 0.717) is 30.8 Å². The van der Waals surface area contributed by atoms with Crippen molar-refractivity contribution in [1.29, 1.82) is 0 Å². The summed E-state index contributed by atoms with van der Waals surface area (Å²) in [6.07, 6.45) is 1.95. The number of likely N-dealkylation sites (tertiary alicyclic amines) is 1. The van der Waals surface area contributed by atoms with Crippen LogP contribution < -0.4 is 4.90 Å². The van der Waals surface area contributed by atoms with Crippen LogP contribution in [0.25, 0.3) is 0 Å². The zero-order chi connectivity index (χ0) is 16.7. The fourth-order valence-electron chi connectivity index (χ4n) is 3.85. The molecule has 24 heavy (non-hydrogen) atoms. The molecule has 0 aliphatic carbocycles. The molecule has 2 aliphatic rings. The van der Waals surface area contributed by atoms with E-state index in [2.05, 4.69) is 5.16 Å². The maximum atomic E-state index is 12.7. The van der Waals surface area contributed by atoms with Gasteiger partial charge in [-0.05, 0) is 31.9 Å². The van der Waals surface area contributed by atoms with Crippen LogP contribution in [0.2, 0.25) is 0 Å². The second-order valence-electron chi connectivity index (χ2n) is 6.38. The second kappa shape index (κ2) is 5.78. The third kappa shape index (κ3) is 2.38. The van der Waals surface area contributed by atoms with Gasteiger partial charge in [-0.3, -0.25) is 9.59 Å². The van der Waals surface area contributed by atoms with Gasteiger partial charge in [0.15, 0.2) is 5.69 Å². The molecule has 2 fully saturated rings. The topological polar surface area (TPSA) is 66.7 Å². The lowest BCUT2D eigenvalue weighted by Gasteiger charge is -2.39. The molecule has 2 amide bonds. The SMILES string of the molecule is Cc1cc(C(=O)N2CC[C@H]3[C@@H]2CCC(=O)N3c2ccccc2)no1. The van der Waals surface area contributed by atoms with Crippen LogP contribution in [0.4, 0.5) is 5.69 Å². The first-order valence-corrected chi connectivity index (χ1v) is 8.26. The lowest BCUT2D eigenvalue weighted by Crippen LogP contribution is -2.53. The van der Waals surface area contributed by atoms with E-state index in [0.717, 1.165) is 12.1 Å². The predicted molar refractivity (Wildman–Crippen MR) is 87.6 cm³/mol. The van der Waals surface area contributed by atoms with E-state index in [1.165, 1.54) is 0 Å². The molecule has 124 valence electrons. The number of benzene rings is 1. The molecule has 0 radical (unpaired) electrons. The zero-order valence-electron chi connectivity index (χ0n) is 13.5. The van der Waals surface area contributed by atoms with Gasteiger partial charge in [0.25, 0.3) is 5.91 Å². The number of amides is 2. The van der Waals surface area contributed by atoms with E-state index in [1.54, 1.807) is 13.0 Å². The van der Waals surface area contributed by atoms with Crippen molar-refractivity contribution in [1.82, 2.24) is 10.1 Å². The Morgan fingerprint density at radius 3 is 2.71 bits per heavy atom. The van der Waals surface area contributed by atoms with E-state index in [1.807, 2.05) is 40.1 Å². The Balaban J connectivity index is 1.61. The Morgan fingerprint density at radius 2 is 2.00 bits per heavy atom. The molecule has 0 spiro atoms. The highest BCUT2D eigenvalue weighted by Crippen LogP contribution is 2.35. The maximum Gasteiger partial charge on any atom is 0.276 e. The summed E-state index contributed by atoms with van der Waals surface area (Å²) < 4.78 is 5.03. The van der Waals surface area contributed by atoms with Crippen LogP contribution in [-0.2, 0) is 4.79 Å². The van der Waals surface area contributed by atoms with Crippen LogP contribution in [-0.4, -0.2) is 40.5 Å². The average molecular weight is 325 g/mol. The normalized spacial score (nSPS) is 23.5. The Labute approximate surface area is 140 Å². The van der Waals surface area contributed by atoms with E-state index >= 15 is 0 Å². The molecule has 2 atom stereocenters. The summed E-state index contributed by atoms with van der Waals surface area (Å²) in [5, 5.41) is 3.84.